The van der Waals surface area contributed by atoms with Gasteiger partial charge in [0.25, 0.3) is 0 Å². The predicted molar refractivity (Wildman–Crippen MR) is 110 cm³/mol. The van der Waals surface area contributed by atoms with E-state index in [1.807, 2.05) is 0 Å². The SMILES string of the molecule is CCN1CCc2cc(NSc3ccc4c(c3)CC(C)O4)c(OC)nc2CC1. The van der Waals surface area contributed by atoms with E-state index < -0.39 is 0 Å². The lowest BCUT2D eigenvalue weighted by molar-refractivity contribution is 0.254. The molecule has 1 N–H and O–H groups in total. The number of nitrogens with one attached hydrogen (secondary N) is 1. The van der Waals surface area contributed by atoms with E-state index in [4.69, 9.17) is 14.5 Å². The molecule has 4 rings (SSSR count). The lowest BCUT2D eigenvalue weighted by Gasteiger charge is -2.15. The highest BCUT2D eigenvalue weighted by molar-refractivity contribution is 8.00. The zero-order valence-electron chi connectivity index (χ0n) is 16.2. The molecule has 6 heteroatoms. The topological polar surface area (TPSA) is 46.6 Å². The summed E-state index contributed by atoms with van der Waals surface area (Å²) in [4.78, 5) is 8.44. The first kappa shape index (κ1) is 18.4. The number of benzene rings is 1. The maximum absolute atomic E-state index is 5.79. The van der Waals surface area contributed by atoms with Crippen molar-refractivity contribution in [3.8, 4) is 11.6 Å². The van der Waals surface area contributed by atoms with Crippen molar-refractivity contribution in [2.75, 3.05) is 31.5 Å². The zero-order valence-corrected chi connectivity index (χ0v) is 17.1. The first-order valence-corrected chi connectivity index (χ1v) is 10.5. The fourth-order valence-electron chi connectivity index (χ4n) is 3.78. The van der Waals surface area contributed by atoms with Crippen LogP contribution in [0.15, 0.2) is 29.2 Å². The average molecular weight is 386 g/mol. The Hall–Kier alpha value is -1.92. The van der Waals surface area contributed by atoms with Gasteiger partial charge in [0, 0.05) is 36.5 Å². The minimum Gasteiger partial charge on any atom is -0.490 e. The summed E-state index contributed by atoms with van der Waals surface area (Å²) in [5, 5.41) is 0. The summed E-state index contributed by atoms with van der Waals surface area (Å²) in [5.74, 6) is 1.68. The molecule has 0 bridgehead atoms. The molecule has 0 saturated heterocycles. The number of pyridine rings is 1. The highest BCUT2D eigenvalue weighted by atomic mass is 32.2. The fraction of sp³-hybridized carbons (Fsp3) is 0.476. The first-order chi connectivity index (χ1) is 13.2. The molecule has 1 aromatic heterocycles. The predicted octanol–water partition coefficient (Wildman–Crippen LogP) is 3.95. The monoisotopic (exact) mass is 385 g/mol. The summed E-state index contributed by atoms with van der Waals surface area (Å²) in [6.45, 7) is 7.57. The van der Waals surface area contributed by atoms with Crippen LogP contribution in [0.3, 0.4) is 0 Å². The Balaban J connectivity index is 1.51. The molecule has 0 radical (unpaired) electrons. The normalized spacial score (nSPS) is 19.0. The van der Waals surface area contributed by atoms with E-state index in [0.717, 1.165) is 50.3 Å². The fourth-order valence-corrected chi connectivity index (χ4v) is 4.49. The minimum absolute atomic E-state index is 0.268. The van der Waals surface area contributed by atoms with Crippen molar-refractivity contribution in [2.24, 2.45) is 0 Å². The van der Waals surface area contributed by atoms with Crippen LogP contribution in [0.4, 0.5) is 5.69 Å². The van der Waals surface area contributed by atoms with E-state index >= 15 is 0 Å². The van der Waals surface area contributed by atoms with E-state index in [9.17, 15) is 0 Å². The Morgan fingerprint density at radius 2 is 2.11 bits per heavy atom. The van der Waals surface area contributed by atoms with Gasteiger partial charge in [0.15, 0.2) is 0 Å². The second-order valence-corrected chi connectivity index (χ2v) is 8.07. The van der Waals surface area contributed by atoms with E-state index in [1.165, 1.54) is 21.7 Å². The summed E-state index contributed by atoms with van der Waals surface area (Å²) in [6, 6.07) is 8.58. The van der Waals surface area contributed by atoms with Gasteiger partial charge in [-0.3, -0.25) is 0 Å². The Morgan fingerprint density at radius 3 is 2.93 bits per heavy atom. The summed E-state index contributed by atoms with van der Waals surface area (Å²) in [5.41, 5.74) is 4.71. The Bertz CT molecular complexity index is 827. The van der Waals surface area contributed by atoms with Crippen molar-refractivity contribution in [1.29, 1.82) is 0 Å². The number of fused-ring (bicyclic) bond motifs is 2. The van der Waals surface area contributed by atoms with Crippen molar-refractivity contribution in [2.45, 2.75) is 44.1 Å². The van der Waals surface area contributed by atoms with E-state index in [0.29, 0.717) is 5.88 Å². The molecule has 0 fully saturated rings. The second-order valence-electron chi connectivity index (χ2n) is 7.19. The summed E-state index contributed by atoms with van der Waals surface area (Å²) < 4.78 is 14.8. The van der Waals surface area contributed by atoms with Crippen molar-refractivity contribution in [1.82, 2.24) is 9.88 Å². The third kappa shape index (κ3) is 4.01. The molecule has 2 aromatic rings. The molecule has 1 atom stereocenters. The molecule has 27 heavy (non-hydrogen) atoms. The third-order valence-electron chi connectivity index (χ3n) is 5.31. The van der Waals surface area contributed by atoms with E-state index in [2.05, 4.69) is 47.7 Å². The number of rotatable bonds is 5. The van der Waals surface area contributed by atoms with Crippen molar-refractivity contribution >= 4 is 17.6 Å². The smallest absolute Gasteiger partial charge is 0.238 e. The van der Waals surface area contributed by atoms with Gasteiger partial charge in [-0.25, -0.2) is 4.98 Å². The van der Waals surface area contributed by atoms with Gasteiger partial charge < -0.3 is 19.1 Å². The zero-order chi connectivity index (χ0) is 18.8. The molecule has 0 amide bonds. The van der Waals surface area contributed by atoms with E-state index in [1.54, 1.807) is 19.1 Å². The number of methoxy groups -OCH3 is 1. The highest BCUT2D eigenvalue weighted by Crippen LogP contribution is 2.35. The number of likely N-dealkylation sites (N-methyl/N-ethyl adjacent to an activating group) is 1. The van der Waals surface area contributed by atoms with Crippen LogP contribution >= 0.6 is 11.9 Å². The third-order valence-corrected chi connectivity index (χ3v) is 6.12. The largest absolute Gasteiger partial charge is 0.490 e. The summed E-state index contributed by atoms with van der Waals surface area (Å²) in [7, 11) is 1.69. The first-order valence-electron chi connectivity index (χ1n) is 9.68. The van der Waals surface area contributed by atoms with Gasteiger partial charge >= 0.3 is 0 Å². The van der Waals surface area contributed by atoms with Crippen LogP contribution in [0.1, 0.15) is 30.7 Å². The minimum atomic E-state index is 0.268. The quantitative estimate of drug-likeness (QED) is 0.787. The second kappa shape index (κ2) is 7.98. The maximum Gasteiger partial charge on any atom is 0.238 e. The molecular formula is C21H27N3O2S. The lowest BCUT2D eigenvalue weighted by atomic mass is 10.1. The van der Waals surface area contributed by atoms with Crippen LogP contribution in [-0.4, -0.2) is 42.7 Å². The molecule has 5 nitrogen and oxygen atoms in total. The molecule has 2 aliphatic heterocycles. The lowest BCUT2D eigenvalue weighted by Crippen LogP contribution is -2.25. The van der Waals surface area contributed by atoms with Crippen molar-refractivity contribution < 1.29 is 9.47 Å². The summed E-state index contributed by atoms with van der Waals surface area (Å²) >= 11 is 1.60. The average Bonchev–Trinajstić information content (AvgIpc) is 2.93. The molecular weight excluding hydrogens is 358 g/mol. The Morgan fingerprint density at radius 1 is 1.26 bits per heavy atom. The number of ether oxygens (including phenoxy) is 2. The maximum atomic E-state index is 5.79. The molecule has 1 aromatic carbocycles. The van der Waals surface area contributed by atoms with Gasteiger partial charge in [0.05, 0.1) is 7.11 Å². The molecule has 0 spiro atoms. The Kier molecular flexibility index (Phi) is 5.45. The number of anilines is 1. The number of hydrogen-bond acceptors (Lipinski definition) is 6. The van der Waals surface area contributed by atoms with Gasteiger partial charge in [-0.1, -0.05) is 6.92 Å². The number of hydrogen-bond donors (Lipinski definition) is 1. The van der Waals surface area contributed by atoms with Gasteiger partial charge in [0.2, 0.25) is 5.88 Å². The van der Waals surface area contributed by atoms with Crippen molar-refractivity contribution in [3.05, 3.63) is 41.1 Å². The molecule has 0 saturated carbocycles. The number of aromatic nitrogens is 1. The number of nitrogens with zero attached hydrogens (tertiary/aromatic N) is 2. The standard InChI is InChI=1S/C21H27N3O2S/c1-4-24-9-7-15-13-19(21(25-3)22-18(15)8-10-24)23-27-17-5-6-20-16(12-17)11-14(2)26-20/h5-6,12-14,23H,4,7-11H2,1-3H3. The van der Waals surface area contributed by atoms with Crippen LogP contribution in [0.25, 0.3) is 0 Å². The van der Waals surface area contributed by atoms with Gasteiger partial charge in [-0.15, -0.1) is 0 Å². The van der Waals surface area contributed by atoms with Crippen LogP contribution in [0.2, 0.25) is 0 Å². The summed E-state index contributed by atoms with van der Waals surface area (Å²) in [6.07, 6.45) is 3.26. The van der Waals surface area contributed by atoms with Crippen molar-refractivity contribution in [3.63, 3.8) is 0 Å². The molecule has 144 valence electrons. The molecule has 2 aliphatic rings. The van der Waals surface area contributed by atoms with Crippen LogP contribution in [-0.2, 0) is 19.3 Å². The Labute approximate surface area is 165 Å². The highest BCUT2D eigenvalue weighted by Gasteiger charge is 2.20. The molecule has 0 aliphatic carbocycles. The molecule has 1 unspecified atom stereocenters. The van der Waals surface area contributed by atoms with Gasteiger partial charge in [0.1, 0.15) is 17.5 Å². The van der Waals surface area contributed by atoms with E-state index in [-0.39, 0.29) is 6.10 Å². The van der Waals surface area contributed by atoms with Crippen LogP contribution in [0, 0.1) is 0 Å². The van der Waals surface area contributed by atoms with Gasteiger partial charge in [-0.2, -0.15) is 0 Å². The van der Waals surface area contributed by atoms with Gasteiger partial charge in [-0.05, 0) is 67.2 Å². The van der Waals surface area contributed by atoms with Crippen LogP contribution in [0.5, 0.6) is 11.6 Å². The van der Waals surface area contributed by atoms with Crippen LogP contribution < -0.4 is 14.2 Å². The molecule has 3 heterocycles.